The predicted molar refractivity (Wildman–Crippen MR) is 114 cm³/mol. The Hall–Kier alpha value is -3.36. The number of hydrogen-bond acceptors (Lipinski definition) is 5. The maximum atomic E-state index is 12.6. The van der Waals surface area contributed by atoms with Gasteiger partial charge >= 0.3 is 0 Å². The fourth-order valence-electron chi connectivity index (χ4n) is 2.72. The number of carbonyl (C=O) groups excluding carboxylic acids is 1. The number of anilines is 1. The first kappa shape index (κ1) is 21.4. The SMILES string of the molecule is CNS(=O)(=O)c1cc(C(=O)Nc2ccc(OCc3ccccc3)cc2)ccc1OC. The van der Waals surface area contributed by atoms with E-state index in [1.807, 2.05) is 30.3 Å². The second-order valence-corrected chi connectivity index (χ2v) is 8.18. The minimum atomic E-state index is -3.78. The van der Waals surface area contributed by atoms with E-state index >= 15 is 0 Å². The van der Waals surface area contributed by atoms with Crippen molar-refractivity contribution in [2.75, 3.05) is 19.5 Å². The Bertz CT molecular complexity index is 1110. The molecule has 0 spiro atoms. The van der Waals surface area contributed by atoms with Crippen LogP contribution in [0.15, 0.2) is 77.7 Å². The topological polar surface area (TPSA) is 93.7 Å². The molecule has 3 rings (SSSR count). The van der Waals surface area contributed by atoms with Crippen LogP contribution in [0.1, 0.15) is 15.9 Å². The highest BCUT2D eigenvalue weighted by molar-refractivity contribution is 7.89. The molecule has 0 aromatic heterocycles. The predicted octanol–water partition coefficient (Wildman–Crippen LogP) is 3.43. The van der Waals surface area contributed by atoms with E-state index in [-0.39, 0.29) is 16.2 Å². The largest absolute Gasteiger partial charge is 0.495 e. The third kappa shape index (κ3) is 5.16. The molecule has 0 aliphatic rings. The van der Waals surface area contributed by atoms with Crippen LogP contribution in [0.5, 0.6) is 11.5 Å². The summed E-state index contributed by atoms with van der Waals surface area (Å²) in [5, 5.41) is 2.74. The number of amides is 1. The normalized spacial score (nSPS) is 11.0. The molecule has 0 aliphatic carbocycles. The van der Waals surface area contributed by atoms with Crippen molar-refractivity contribution < 1.29 is 22.7 Å². The fraction of sp³-hybridized carbons (Fsp3) is 0.136. The van der Waals surface area contributed by atoms with Gasteiger partial charge in [0.1, 0.15) is 23.0 Å². The van der Waals surface area contributed by atoms with Gasteiger partial charge in [-0.15, -0.1) is 0 Å². The van der Waals surface area contributed by atoms with Crippen LogP contribution in [-0.4, -0.2) is 28.5 Å². The third-order valence-electron chi connectivity index (χ3n) is 4.34. The molecule has 1 amide bonds. The summed E-state index contributed by atoms with van der Waals surface area (Å²) in [4.78, 5) is 12.5. The van der Waals surface area contributed by atoms with Crippen LogP contribution < -0.4 is 19.5 Å². The van der Waals surface area contributed by atoms with Gasteiger partial charge < -0.3 is 14.8 Å². The summed E-state index contributed by atoms with van der Waals surface area (Å²) >= 11 is 0. The maximum Gasteiger partial charge on any atom is 0.255 e. The lowest BCUT2D eigenvalue weighted by Gasteiger charge is -2.12. The molecule has 3 aromatic rings. The first-order valence-electron chi connectivity index (χ1n) is 9.12. The Balaban J connectivity index is 1.69. The summed E-state index contributed by atoms with van der Waals surface area (Å²) in [6.45, 7) is 0.446. The molecule has 0 aliphatic heterocycles. The van der Waals surface area contributed by atoms with Crippen LogP contribution in [0, 0.1) is 0 Å². The number of rotatable bonds is 8. The Kier molecular flexibility index (Phi) is 6.71. The van der Waals surface area contributed by atoms with Crippen LogP contribution in [0.3, 0.4) is 0 Å². The van der Waals surface area contributed by atoms with Crippen LogP contribution in [0.25, 0.3) is 0 Å². The van der Waals surface area contributed by atoms with Crippen molar-refractivity contribution in [2.45, 2.75) is 11.5 Å². The summed E-state index contributed by atoms with van der Waals surface area (Å²) < 4.78 is 37.4. The molecule has 8 heteroatoms. The quantitative estimate of drug-likeness (QED) is 0.576. The van der Waals surface area contributed by atoms with Crippen molar-refractivity contribution >= 4 is 21.6 Å². The summed E-state index contributed by atoms with van der Waals surface area (Å²) in [5.74, 6) is 0.382. The molecule has 156 valence electrons. The number of carbonyl (C=O) groups is 1. The molecule has 0 heterocycles. The lowest BCUT2D eigenvalue weighted by molar-refractivity contribution is 0.102. The monoisotopic (exact) mass is 426 g/mol. The molecule has 3 aromatic carbocycles. The van der Waals surface area contributed by atoms with Crippen LogP contribution in [0.4, 0.5) is 5.69 Å². The Morgan fingerprint density at radius 2 is 1.67 bits per heavy atom. The summed E-state index contributed by atoms with van der Waals surface area (Å²) in [7, 11) is -1.12. The number of sulfonamides is 1. The summed E-state index contributed by atoms with van der Waals surface area (Å²) in [5.41, 5.74) is 1.80. The molecule has 0 atom stereocenters. The Morgan fingerprint density at radius 3 is 2.30 bits per heavy atom. The van der Waals surface area contributed by atoms with E-state index in [2.05, 4.69) is 10.0 Å². The average Bonchev–Trinajstić information content (AvgIpc) is 2.78. The van der Waals surface area contributed by atoms with Crippen molar-refractivity contribution in [3.63, 3.8) is 0 Å². The van der Waals surface area contributed by atoms with E-state index in [1.54, 1.807) is 24.3 Å². The molecule has 0 bridgehead atoms. The van der Waals surface area contributed by atoms with E-state index in [0.29, 0.717) is 18.0 Å². The van der Waals surface area contributed by atoms with Gasteiger partial charge in [-0.3, -0.25) is 4.79 Å². The minimum Gasteiger partial charge on any atom is -0.495 e. The van der Waals surface area contributed by atoms with Gasteiger partial charge in [-0.2, -0.15) is 0 Å². The van der Waals surface area contributed by atoms with Gasteiger partial charge in [-0.05, 0) is 55.1 Å². The van der Waals surface area contributed by atoms with Crippen molar-refractivity contribution in [3.8, 4) is 11.5 Å². The zero-order valence-electron chi connectivity index (χ0n) is 16.6. The first-order chi connectivity index (χ1) is 14.4. The molecular formula is C22H22N2O5S. The molecule has 0 fully saturated rings. The van der Waals surface area contributed by atoms with E-state index in [1.165, 1.54) is 32.4 Å². The van der Waals surface area contributed by atoms with Gasteiger partial charge in [0.2, 0.25) is 10.0 Å². The highest BCUT2D eigenvalue weighted by atomic mass is 32.2. The second kappa shape index (κ2) is 9.43. The molecule has 0 saturated carbocycles. The molecule has 0 unspecified atom stereocenters. The molecule has 2 N–H and O–H groups in total. The zero-order chi connectivity index (χ0) is 21.6. The van der Waals surface area contributed by atoms with Crippen molar-refractivity contribution in [1.29, 1.82) is 0 Å². The number of methoxy groups -OCH3 is 1. The zero-order valence-corrected chi connectivity index (χ0v) is 17.4. The Morgan fingerprint density at radius 1 is 0.967 bits per heavy atom. The lowest BCUT2D eigenvalue weighted by Crippen LogP contribution is -2.20. The third-order valence-corrected chi connectivity index (χ3v) is 5.78. The van der Waals surface area contributed by atoms with E-state index < -0.39 is 15.9 Å². The van der Waals surface area contributed by atoms with E-state index in [0.717, 1.165) is 5.56 Å². The maximum absolute atomic E-state index is 12.6. The highest BCUT2D eigenvalue weighted by Crippen LogP contribution is 2.25. The standard InChI is InChI=1S/C22H22N2O5S/c1-23-30(26,27)21-14-17(8-13-20(21)28-2)22(25)24-18-9-11-19(12-10-18)29-15-16-6-4-3-5-7-16/h3-14,23H,15H2,1-2H3,(H,24,25). The number of ether oxygens (including phenoxy) is 2. The number of hydrogen-bond donors (Lipinski definition) is 2. The smallest absolute Gasteiger partial charge is 0.255 e. The van der Waals surface area contributed by atoms with Crippen molar-refractivity contribution in [2.24, 2.45) is 0 Å². The highest BCUT2D eigenvalue weighted by Gasteiger charge is 2.20. The second-order valence-electron chi connectivity index (χ2n) is 6.33. The molecule has 30 heavy (non-hydrogen) atoms. The molecule has 7 nitrogen and oxygen atoms in total. The molecular weight excluding hydrogens is 404 g/mol. The number of benzene rings is 3. The molecule has 0 saturated heterocycles. The van der Waals surface area contributed by atoms with Gasteiger partial charge in [0, 0.05) is 11.3 Å². The first-order valence-corrected chi connectivity index (χ1v) is 10.6. The van der Waals surface area contributed by atoms with Gasteiger partial charge in [0.25, 0.3) is 5.91 Å². The van der Waals surface area contributed by atoms with E-state index in [4.69, 9.17) is 9.47 Å². The summed E-state index contributed by atoms with van der Waals surface area (Å²) in [6.07, 6.45) is 0. The van der Waals surface area contributed by atoms with Crippen LogP contribution >= 0.6 is 0 Å². The average molecular weight is 426 g/mol. The van der Waals surface area contributed by atoms with E-state index in [9.17, 15) is 13.2 Å². The summed E-state index contributed by atoms with van der Waals surface area (Å²) in [6, 6.07) is 21.0. The van der Waals surface area contributed by atoms with Gasteiger partial charge in [-0.25, -0.2) is 13.1 Å². The van der Waals surface area contributed by atoms with Crippen LogP contribution in [0.2, 0.25) is 0 Å². The fourth-order valence-corrected chi connectivity index (χ4v) is 3.63. The van der Waals surface area contributed by atoms with Gasteiger partial charge in [-0.1, -0.05) is 30.3 Å². The number of nitrogens with one attached hydrogen (secondary N) is 2. The van der Waals surface area contributed by atoms with Crippen molar-refractivity contribution in [3.05, 3.63) is 83.9 Å². The minimum absolute atomic E-state index is 0.107. The van der Waals surface area contributed by atoms with Crippen molar-refractivity contribution in [1.82, 2.24) is 4.72 Å². The van der Waals surface area contributed by atoms with Crippen LogP contribution in [-0.2, 0) is 16.6 Å². The molecule has 0 radical (unpaired) electrons. The van der Waals surface area contributed by atoms with Gasteiger partial charge in [0.05, 0.1) is 7.11 Å². The van der Waals surface area contributed by atoms with Gasteiger partial charge in [0.15, 0.2) is 0 Å². The lowest BCUT2D eigenvalue weighted by atomic mass is 10.2. The Labute approximate surface area is 175 Å².